The summed E-state index contributed by atoms with van der Waals surface area (Å²) in [5.41, 5.74) is 0. The summed E-state index contributed by atoms with van der Waals surface area (Å²) in [5, 5.41) is 15.9. The van der Waals surface area contributed by atoms with Crippen LogP contribution in [-0.2, 0) is 4.79 Å². The number of carbonyl (C=O) groups is 1. The largest absolute Gasteiger partial charge is 0.490 e. The van der Waals surface area contributed by atoms with Crippen LogP contribution in [0.3, 0.4) is 0 Å². The van der Waals surface area contributed by atoms with E-state index in [1.165, 1.54) is 0 Å². The number of rotatable bonds is 7. The number of nitrogens with one attached hydrogen (secondary N) is 2. The minimum absolute atomic E-state index is 0.0330. The van der Waals surface area contributed by atoms with Crippen molar-refractivity contribution in [3.05, 3.63) is 28.7 Å². The molecule has 0 aromatic heterocycles. The van der Waals surface area contributed by atoms with Gasteiger partial charge in [0.15, 0.2) is 0 Å². The van der Waals surface area contributed by atoms with E-state index >= 15 is 0 Å². The molecule has 1 aromatic carbocycles. The van der Waals surface area contributed by atoms with Gasteiger partial charge in [0, 0.05) is 19.0 Å². The SMILES string of the molecule is O=C(CC1CCCN1)NCC(O)COc1ccccc1Br. The Balaban J connectivity index is 1.64. The van der Waals surface area contributed by atoms with E-state index in [1.807, 2.05) is 24.3 Å². The molecule has 0 radical (unpaired) electrons. The van der Waals surface area contributed by atoms with Gasteiger partial charge in [-0.3, -0.25) is 4.79 Å². The molecule has 5 nitrogen and oxygen atoms in total. The lowest BCUT2D eigenvalue weighted by molar-refractivity contribution is -0.122. The zero-order chi connectivity index (χ0) is 15.1. The van der Waals surface area contributed by atoms with Crippen LogP contribution in [0.25, 0.3) is 0 Å². The number of aliphatic hydroxyl groups excluding tert-OH is 1. The van der Waals surface area contributed by atoms with Crippen molar-refractivity contribution >= 4 is 21.8 Å². The first kappa shape index (κ1) is 16.3. The standard InChI is InChI=1S/C15H21BrN2O3/c16-13-5-1-2-6-14(13)21-10-12(19)9-18-15(20)8-11-4-3-7-17-11/h1-2,5-6,11-12,17,19H,3-4,7-10H2,(H,18,20). The minimum Gasteiger partial charge on any atom is -0.490 e. The third-order valence-electron chi connectivity index (χ3n) is 3.40. The average molecular weight is 357 g/mol. The van der Waals surface area contributed by atoms with Gasteiger partial charge in [-0.05, 0) is 47.4 Å². The lowest BCUT2D eigenvalue weighted by Crippen LogP contribution is -2.38. The highest BCUT2D eigenvalue weighted by atomic mass is 79.9. The number of para-hydroxylation sites is 1. The maximum Gasteiger partial charge on any atom is 0.221 e. The van der Waals surface area contributed by atoms with Crippen molar-refractivity contribution in [2.75, 3.05) is 19.7 Å². The molecule has 2 atom stereocenters. The zero-order valence-electron chi connectivity index (χ0n) is 11.8. The number of halogens is 1. The summed E-state index contributed by atoms with van der Waals surface area (Å²) in [6.07, 6.45) is 1.91. The minimum atomic E-state index is -0.724. The van der Waals surface area contributed by atoms with E-state index in [0.29, 0.717) is 12.2 Å². The molecule has 1 saturated heterocycles. The van der Waals surface area contributed by atoms with Crippen LogP contribution in [0.15, 0.2) is 28.7 Å². The molecule has 1 fully saturated rings. The summed E-state index contributed by atoms with van der Waals surface area (Å²) < 4.78 is 6.35. The van der Waals surface area contributed by atoms with Crippen LogP contribution >= 0.6 is 15.9 Å². The first-order chi connectivity index (χ1) is 10.1. The van der Waals surface area contributed by atoms with Gasteiger partial charge in [-0.1, -0.05) is 12.1 Å². The van der Waals surface area contributed by atoms with E-state index in [2.05, 4.69) is 26.6 Å². The number of hydrogen-bond acceptors (Lipinski definition) is 4. The van der Waals surface area contributed by atoms with Crippen molar-refractivity contribution in [1.82, 2.24) is 10.6 Å². The molecule has 2 rings (SSSR count). The summed E-state index contributed by atoms with van der Waals surface area (Å²) in [5.74, 6) is 0.646. The van der Waals surface area contributed by atoms with E-state index in [1.54, 1.807) is 0 Å². The van der Waals surface area contributed by atoms with E-state index in [9.17, 15) is 9.90 Å². The second kappa shape index (κ2) is 8.36. The van der Waals surface area contributed by atoms with Crippen molar-refractivity contribution in [2.45, 2.75) is 31.4 Å². The van der Waals surface area contributed by atoms with Crippen molar-refractivity contribution in [1.29, 1.82) is 0 Å². The molecular weight excluding hydrogens is 336 g/mol. The second-order valence-corrected chi connectivity index (χ2v) is 6.05. The second-order valence-electron chi connectivity index (χ2n) is 5.20. The highest BCUT2D eigenvalue weighted by Crippen LogP contribution is 2.23. The maximum atomic E-state index is 11.7. The van der Waals surface area contributed by atoms with E-state index in [-0.39, 0.29) is 25.1 Å². The van der Waals surface area contributed by atoms with E-state index in [0.717, 1.165) is 23.9 Å². The zero-order valence-corrected chi connectivity index (χ0v) is 13.4. The van der Waals surface area contributed by atoms with Crippen LogP contribution in [-0.4, -0.2) is 42.9 Å². The van der Waals surface area contributed by atoms with E-state index < -0.39 is 6.10 Å². The third kappa shape index (κ3) is 5.65. The molecule has 0 saturated carbocycles. The molecule has 116 valence electrons. The molecule has 3 N–H and O–H groups in total. The van der Waals surface area contributed by atoms with Crippen molar-refractivity contribution in [3.8, 4) is 5.75 Å². The smallest absolute Gasteiger partial charge is 0.221 e. The fourth-order valence-corrected chi connectivity index (χ4v) is 2.66. The molecule has 21 heavy (non-hydrogen) atoms. The Labute approximate surface area is 133 Å². The quantitative estimate of drug-likeness (QED) is 0.691. The Kier molecular flexibility index (Phi) is 6.48. The van der Waals surface area contributed by atoms with Gasteiger partial charge in [-0.25, -0.2) is 0 Å². The summed E-state index contributed by atoms with van der Waals surface area (Å²) in [6.45, 7) is 1.33. The molecule has 0 spiro atoms. The Morgan fingerprint density at radius 1 is 1.52 bits per heavy atom. The van der Waals surface area contributed by atoms with Crippen LogP contribution in [0.2, 0.25) is 0 Å². The van der Waals surface area contributed by atoms with Crippen LogP contribution in [0.5, 0.6) is 5.75 Å². The number of hydrogen-bond donors (Lipinski definition) is 3. The first-order valence-corrected chi connectivity index (χ1v) is 8.00. The van der Waals surface area contributed by atoms with Gasteiger partial charge in [0.1, 0.15) is 18.5 Å². The Bertz CT molecular complexity index is 464. The molecule has 0 aliphatic carbocycles. The highest BCUT2D eigenvalue weighted by Gasteiger charge is 2.18. The van der Waals surface area contributed by atoms with Crippen molar-refractivity contribution < 1.29 is 14.6 Å². The Hall–Kier alpha value is -1.11. The van der Waals surface area contributed by atoms with Gasteiger partial charge in [-0.2, -0.15) is 0 Å². The van der Waals surface area contributed by atoms with Gasteiger partial charge >= 0.3 is 0 Å². The Morgan fingerprint density at radius 2 is 2.33 bits per heavy atom. The van der Waals surface area contributed by atoms with Gasteiger partial charge in [0.25, 0.3) is 0 Å². The number of benzene rings is 1. The van der Waals surface area contributed by atoms with Crippen LogP contribution < -0.4 is 15.4 Å². The molecular formula is C15H21BrN2O3. The van der Waals surface area contributed by atoms with Crippen LogP contribution in [0.1, 0.15) is 19.3 Å². The number of amides is 1. The average Bonchev–Trinajstić information content (AvgIpc) is 2.97. The van der Waals surface area contributed by atoms with Gasteiger partial charge in [0.05, 0.1) is 4.47 Å². The number of ether oxygens (including phenoxy) is 1. The molecule has 1 aliphatic rings. The Morgan fingerprint density at radius 3 is 3.05 bits per heavy atom. The maximum absolute atomic E-state index is 11.7. The fourth-order valence-electron chi connectivity index (χ4n) is 2.27. The molecule has 0 bridgehead atoms. The molecule has 1 aromatic rings. The van der Waals surface area contributed by atoms with Crippen molar-refractivity contribution in [2.24, 2.45) is 0 Å². The summed E-state index contributed by atoms with van der Waals surface area (Å²) in [4.78, 5) is 11.7. The highest BCUT2D eigenvalue weighted by molar-refractivity contribution is 9.10. The van der Waals surface area contributed by atoms with Gasteiger partial charge < -0.3 is 20.5 Å². The normalized spacial score (nSPS) is 19.2. The lowest BCUT2D eigenvalue weighted by atomic mass is 10.1. The van der Waals surface area contributed by atoms with Crippen LogP contribution in [0.4, 0.5) is 0 Å². The van der Waals surface area contributed by atoms with Gasteiger partial charge in [0.2, 0.25) is 5.91 Å². The predicted octanol–water partition coefficient (Wildman–Crippen LogP) is 1.45. The lowest BCUT2D eigenvalue weighted by Gasteiger charge is -2.15. The van der Waals surface area contributed by atoms with Crippen LogP contribution in [0, 0.1) is 0 Å². The summed E-state index contributed by atoms with van der Waals surface area (Å²) >= 11 is 3.37. The molecule has 1 aliphatic heterocycles. The topological polar surface area (TPSA) is 70.6 Å². The number of carbonyl (C=O) groups excluding carboxylic acids is 1. The molecule has 1 amide bonds. The third-order valence-corrected chi connectivity index (χ3v) is 4.05. The fraction of sp³-hybridized carbons (Fsp3) is 0.533. The number of aliphatic hydroxyl groups is 1. The molecule has 6 heteroatoms. The summed E-state index contributed by atoms with van der Waals surface area (Å²) in [6, 6.07) is 7.73. The van der Waals surface area contributed by atoms with E-state index in [4.69, 9.17) is 4.74 Å². The monoisotopic (exact) mass is 356 g/mol. The van der Waals surface area contributed by atoms with Gasteiger partial charge in [-0.15, -0.1) is 0 Å². The predicted molar refractivity (Wildman–Crippen MR) is 84.3 cm³/mol. The summed E-state index contributed by atoms with van der Waals surface area (Å²) in [7, 11) is 0. The molecule has 1 heterocycles. The molecule has 2 unspecified atom stereocenters. The van der Waals surface area contributed by atoms with Crippen molar-refractivity contribution in [3.63, 3.8) is 0 Å². The first-order valence-electron chi connectivity index (χ1n) is 7.20.